The number of carboxylic acids is 1. The van der Waals surface area contributed by atoms with E-state index in [0.29, 0.717) is 5.95 Å². The maximum absolute atomic E-state index is 12.1. The Morgan fingerprint density at radius 3 is 2.50 bits per heavy atom. The Bertz CT molecular complexity index is 440. The van der Waals surface area contributed by atoms with Gasteiger partial charge in [0.25, 0.3) is 0 Å². The molecule has 0 radical (unpaired) electrons. The number of rotatable bonds is 8. The highest BCUT2D eigenvalue weighted by Gasteiger charge is 2.18. The van der Waals surface area contributed by atoms with E-state index in [9.17, 15) is 9.59 Å². The first-order valence-corrected chi connectivity index (χ1v) is 6.01. The fraction of sp³-hybridized carbons (Fsp3) is 0.500. The van der Waals surface area contributed by atoms with Crippen molar-refractivity contribution in [3.05, 3.63) is 18.5 Å². The molecule has 1 aromatic heterocycles. The van der Waals surface area contributed by atoms with Crippen molar-refractivity contribution in [1.82, 2.24) is 14.9 Å². The lowest BCUT2D eigenvalue weighted by atomic mass is 10.4. The van der Waals surface area contributed by atoms with Crippen LogP contribution in [0.2, 0.25) is 0 Å². The van der Waals surface area contributed by atoms with Crippen molar-refractivity contribution in [3.63, 3.8) is 0 Å². The summed E-state index contributed by atoms with van der Waals surface area (Å²) in [7, 11) is 3.16. The maximum Gasteiger partial charge on any atom is 0.323 e. The van der Waals surface area contributed by atoms with Crippen LogP contribution in [0.15, 0.2) is 18.5 Å². The van der Waals surface area contributed by atoms with Crippen molar-refractivity contribution in [2.45, 2.75) is 0 Å². The van der Waals surface area contributed by atoms with Gasteiger partial charge in [-0.1, -0.05) is 0 Å². The van der Waals surface area contributed by atoms with E-state index in [1.807, 2.05) is 0 Å². The number of aromatic nitrogens is 2. The van der Waals surface area contributed by atoms with Crippen LogP contribution in [0, 0.1) is 0 Å². The van der Waals surface area contributed by atoms with Crippen LogP contribution in [-0.4, -0.2) is 72.2 Å². The summed E-state index contributed by atoms with van der Waals surface area (Å²) in [5.74, 6) is -0.977. The van der Waals surface area contributed by atoms with Crippen LogP contribution in [0.1, 0.15) is 0 Å². The predicted octanol–water partition coefficient (Wildman–Crippen LogP) is -0.528. The number of ether oxygens (including phenoxy) is 1. The van der Waals surface area contributed by atoms with E-state index in [1.54, 1.807) is 30.4 Å². The first kappa shape index (κ1) is 15.8. The lowest BCUT2D eigenvalue weighted by Crippen LogP contribution is -2.43. The lowest BCUT2D eigenvalue weighted by molar-refractivity contribution is -0.144. The number of methoxy groups -OCH3 is 1. The highest BCUT2D eigenvalue weighted by molar-refractivity contribution is 5.84. The monoisotopic (exact) mass is 282 g/mol. The number of likely N-dealkylation sites (N-methyl/N-ethyl adjacent to an activating group) is 1. The minimum Gasteiger partial charge on any atom is -0.480 e. The predicted molar refractivity (Wildman–Crippen MR) is 71.4 cm³/mol. The molecule has 0 fully saturated rings. The van der Waals surface area contributed by atoms with Crippen LogP contribution in [0.5, 0.6) is 0 Å². The molecule has 0 saturated heterocycles. The molecule has 110 valence electrons. The van der Waals surface area contributed by atoms with E-state index >= 15 is 0 Å². The number of hydrogen-bond donors (Lipinski definition) is 1. The number of carbonyl (C=O) groups excluding carboxylic acids is 1. The van der Waals surface area contributed by atoms with Crippen molar-refractivity contribution in [2.75, 3.05) is 45.3 Å². The number of hydrogen-bond acceptors (Lipinski definition) is 6. The largest absolute Gasteiger partial charge is 0.480 e. The van der Waals surface area contributed by atoms with Gasteiger partial charge in [0, 0.05) is 33.1 Å². The molecule has 20 heavy (non-hydrogen) atoms. The Morgan fingerprint density at radius 2 is 1.95 bits per heavy atom. The fourth-order valence-electron chi connectivity index (χ4n) is 1.52. The average Bonchev–Trinajstić information content (AvgIpc) is 2.43. The van der Waals surface area contributed by atoms with Gasteiger partial charge in [0.1, 0.15) is 6.54 Å². The van der Waals surface area contributed by atoms with Crippen molar-refractivity contribution in [3.8, 4) is 0 Å². The third-order valence-corrected chi connectivity index (χ3v) is 2.51. The van der Waals surface area contributed by atoms with Crippen LogP contribution in [0.25, 0.3) is 0 Å². The van der Waals surface area contributed by atoms with Gasteiger partial charge in [-0.05, 0) is 6.07 Å². The molecule has 8 nitrogen and oxygen atoms in total. The van der Waals surface area contributed by atoms with Gasteiger partial charge >= 0.3 is 5.97 Å². The smallest absolute Gasteiger partial charge is 0.323 e. The van der Waals surface area contributed by atoms with Crippen LogP contribution >= 0.6 is 0 Å². The van der Waals surface area contributed by atoms with Gasteiger partial charge in [-0.2, -0.15) is 0 Å². The maximum atomic E-state index is 12.1. The van der Waals surface area contributed by atoms with E-state index in [0.717, 1.165) is 0 Å². The second kappa shape index (κ2) is 8.05. The van der Waals surface area contributed by atoms with Gasteiger partial charge < -0.3 is 19.6 Å². The third-order valence-electron chi connectivity index (χ3n) is 2.51. The molecule has 0 spiro atoms. The molecule has 0 bridgehead atoms. The van der Waals surface area contributed by atoms with E-state index in [-0.39, 0.29) is 32.1 Å². The first-order chi connectivity index (χ1) is 9.54. The molecule has 0 saturated carbocycles. The molecule has 1 N–H and O–H groups in total. The normalized spacial score (nSPS) is 10.1. The number of anilines is 1. The summed E-state index contributed by atoms with van der Waals surface area (Å²) in [6.07, 6.45) is 3.15. The summed E-state index contributed by atoms with van der Waals surface area (Å²) in [4.78, 5) is 33.7. The summed E-state index contributed by atoms with van der Waals surface area (Å²) in [6, 6.07) is 1.68. The molecule has 0 aliphatic carbocycles. The van der Waals surface area contributed by atoms with Crippen molar-refractivity contribution in [1.29, 1.82) is 0 Å². The second-order valence-corrected chi connectivity index (χ2v) is 4.11. The Kier molecular flexibility index (Phi) is 6.38. The molecule has 1 aromatic rings. The van der Waals surface area contributed by atoms with Crippen LogP contribution in [0.3, 0.4) is 0 Å². The molecule has 0 aromatic carbocycles. The van der Waals surface area contributed by atoms with Gasteiger partial charge in [0.15, 0.2) is 0 Å². The summed E-state index contributed by atoms with van der Waals surface area (Å²) in [5.41, 5.74) is 0. The minimum atomic E-state index is -1.06. The first-order valence-electron chi connectivity index (χ1n) is 6.01. The van der Waals surface area contributed by atoms with E-state index in [4.69, 9.17) is 9.84 Å². The van der Waals surface area contributed by atoms with Gasteiger partial charge in [-0.3, -0.25) is 9.59 Å². The summed E-state index contributed by atoms with van der Waals surface area (Å²) in [5, 5.41) is 8.81. The van der Waals surface area contributed by atoms with E-state index < -0.39 is 5.97 Å². The van der Waals surface area contributed by atoms with E-state index in [2.05, 4.69) is 9.97 Å². The Labute approximate surface area is 117 Å². The Hall–Kier alpha value is -2.22. The standard InChI is InChI=1S/C12H18N4O4/c1-15(12-13-4-3-5-14-12)8-10(17)16(6-7-20-2)9-11(18)19/h3-5H,6-9H2,1-2H3,(H,18,19). The van der Waals surface area contributed by atoms with Crippen LogP contribution in [0.4, 0.5) is 5.95 Å². The molecule has 0 unspecified atom stereocenters. The minimum absolute atomic E-state index is 0.001000. The topological polar surface area (TPSA) is 95.9 Å². The Morgan fingerprint density at radius 1 is 1.30 bits per heavy atom. The fourth-order valence-corrected chi connectivity index (χ4v) is 1.52. The number of nitrogens with zero attached hydrogens (tertiary/aromatic N) is 4. The average molecular weight is 282 g/mol. The number of amides is 1. The zero-order chi connectivity index (χ0) is 15.0. The molecular weight excluding hydrogens is 264 g/mol. The highest BCUT2D eigenvalue weighted by Crippen LogP contribution is 2.03. The molecule has 0 aliphatic heterocycles. The van der Waals surface area contributed by atoms with Crippen molar-refractivity contribution < 1.29 is 19.4 Å². The highest BCUT2D eigenvalue weighted by atomic mass is 16.5. The molecular formula is C12H18N4O4. The third kappa shape index (κ3) is 5.19. The summed E-state index contributed by atoms with van der Waals surface area (Å²) in [6.45, 7) is 0.155. The molecule has 1 heterocycles. The van der Waals surface area contributed by atoms with Gasteiger partial charge in [0.2, 0.25) is 11.9 Å². The van der Waals surface area contributed by atoms with E-state index in [1.165, 1.54) is 12.0 Å². The quantitative estimate of drug-likeness (QED) is 0.685. The summed E-state index contributed by atoms with van der Waals surface area (Å²) < 4.78 is 4.87. The Balaban J connectivity index is 2.62. The molecule has 8 heteroatoms. The number of carbonyl (C=O) groups is 2. The van der Waals surface area contributed by atoms with Gasteiger partial charge in [-0.25, -0.2) is 9.97 Å². The van der Waals surface area contributed by atoms with Gasteiger partial charge in [-0.15, -0.1) is 0 Å². The second-order valence-electron chi connectivity index (χ2n) is 4.11. The lowest BCUT2D eigenvalue weighted by Gasteiger charge is -2.23. The van der Waals surface area contributed by atoms with Crippen molar-refractivity contribution >= 4 is 17.8 Å². The van der Waals surface area contributed by atoms with Crippen LogP contribution in [-0.2, 0) is 14.3 Å². The molecule has 1 amide bonds. The molecule has 0 aliphatic rings. The SMILES string of the molecule is COCCN(CC(=O)O)C(=O)CN(C)c1ncccn1. The van der Waals surface area contributed by atoms with Crippen LogP contribution < -0.4 is 4.90 Å². The number of carboxylic acid groups (broad SMARTS) is 1. The zero-order valence-electron chi connectivity index (χ0n) is 11.5. The van der Waals surface area contributed by atoms with Crippen molar-refractivity contribution in [2.24, 2.45) is 0 Å². The number of aliphatic carboxylic acids is 1. The zero-order valence-corrected chi connectivity index (χ0v) is 11.5. The molecule has 1 rings (SSSR count). The van der Waals surface area contributed by atoms with Gasteiger partial charge in [0.05, 0.1) is 13.2 Å². The summed E-state index contributed by atoms with van der Waals surface area (Å²) >= 11 is 0. The molecule has 0 atom stereocenters.